The van der Waals surface area contributed by atoms with Gasteiger partial charge in [-0.15, -0.1) is 0 Å². The summed E-state index contributed by atoms with van der Waals surface area (Å²) in [5.74, 6) is 0. The molecule has 3 heteroatoms. The molecule has 0 spiro atoms. The summed E-state index contributed by atoms with van der Waals surface area (Å²) in [6.07, 6.45) is 16.4. The van der Waals surface area contributed by atoms with Crippen LogP contribution in [0.15, 0.2) is 107 Å². The molecule has 2 nitrogen and oxygen atoms in total. The molecule has 5 rings (SSSR count). The van der Waals surface area contributed by atoms with Crippen LogP contribution < -0.4 is 4.90 Å². The van der Waals surface area contributed by atoms with Crippen molar-refractivity contribution in [3.05, 3.63) is 118 Å². The Bertz CT molecular complexity index is 1430. The Morgan fingerprint density at radius 2 is 1.51 bits per heavy atom. The molecule has 0 aromatic heterocycles. The summed E-state index contributed by atoms with van der Waals surface area (Å²) in [6, 6.07) is 17.4. The van der Waals surface area contributed by atoms with Crippen LogP contribution in [0.1, 0.15) is 58.1 Å². The number of allylic oxidation sites excluding steroid dienone is 10. The van der Waals surface area contributed by atoms with E-state index < -0.39 is 0 Å². The van der Waals surface area contributed by atoms with Gasteiger partial charge in [-0.2, -0.15) is 4.58 Å². The van der Waals surface area contributed by atoms with Crippen molar-refractivity contribution in [1.82, 2.24) is 0 Å². The third kappa shape index (κ3) is 4.36. The van der Waals surface area contributed by atoms with Crippen LogP contribution in [0.5, 0.6) is 0 Å². The SMILES string of the molecule is CN1/C(=C/C=C/C=C2\CCCC(/C=C/C3=[N+](C)c4ccccc4C3(C)C)=C2Cl)C(C)(C)c2ccccc21. The molecule has 3 aliphatic rings. The highest BCUT2D eigenvalue weighted by Crippen LogP contribution is 2.46. The molecule has 2 aliphatic heterocycles. The number of hydrogen-bond acceptors (Lipinski definition) is 1. The Morgan fingerprint density at radius 1 is 0.838 bits per heavy atom. The summed E-state index contributed by atoms with van der Waals surface area (Å²) in [5.41, 5.74) is 10.3. The smallest absolute Gasteiger partial charge is 0.209 e. The van der Waals surface area contributed by atoms with Crippen LogP contribution in [0, 0.1) is 0 Å². The van der Waals surface area contributed by atoms with Crippen LogP contribution in [0.3, 0.4) is 0 Å². The highest BCUT2D eigenvalue weighted by atomic mass is 35.5. The van der Waals surface area contributed by atoms with Gasteiger partial charge < -0.3 is 4.90 Å². The molecule has 0 bridgehead atoms. The molecule has 0 N–H and O–H groups in total. The van der Waals surface area contributed by atoms with Crippen molar-refractivity contribution in [3.8, 4) is 0 Å². The van der Waals surface area contributed by atoms with Crippen LogP contribution in [-0.4, -0.2) is 24.4 Å². The van der Waals surface area contributed by atoms with Crippen LogP contribution in [0.4, 0.5) is 11.4 Å². The average molecular weight is 510 g/mol. The number of para-hydroxylation sites is 2. The number of anilines is 1. The lowest BCUT2D eigenvalue weighted by Crippen LogP contribution is -2.26. The second-order valence-corrected chi connectivity index (χ2v) is 11.8. The van der Waals surface area contributed by atoms with Crippen molar-refractivity contribution in [2.45, 2.75) is 57.8 Å². The van der Waals surface area contributed by atoms with Crippen molar-refractivity contribution in [1.29, 1.82) is 0 Å². The fourth-order valence-corrected chi connectivity index (χ4v) is 6.62. The Morgan fingerprint density at radius 3 is 2.24 bits per heavy atom. The van der Waals surface area contributed by atoms with Gasteiger partial charge in [-0.25, -0.2) is 0 Å². The quantitative estimate of drug-likeness (QED) is 0.373. The molecular weight excluding hydrogens is 472 g/mol. The third-order valence-corrected chi connectivity index (χ3v) is 8.93. The Kier molecular flexibility index (Phi) is 6.66. The first-order valence-electron chi connectivity index (χ1n) is 13.3. The topological polar surface area (TPSA) is 6.25 Å². The zero-order valence-electron chi connectivity index (χ0n) is 23.0. The second-order valence-electron chi connectivity index (χ2n) is 11.4. The minimum atomic E-state index is -0.0285. The van der Waals surface area contributed by atoms with E-state index in [1.54, 1.807) is 0 Å². The number of hydrogen-bond donors (Lipinski definition) is 0. The number of nitrogens with zero attached hydrogens (tertiary/aromatic N) is 2. The standard InChI is InChI=1S/C34H38ClN2/c1-33(2)26-17-8-10-19-28(26)36(5)30(33)21-12-7-14-24-15-13-16-25(32(24)35)22-23-31-34(3,4)27-18-9-11-20-29(27)37(31)6/h7-12,14,17-23H,13,15-16H2,1-6H3/q+1. The second kappa shape index (κ2) is 9.65. The fourth-order valence-electron chi connectivity index (χ4n) is 6.31. The summed E-state index contributed by atoms with van der Waals surface area (Å²) in [4.78, 5) is 2.31. The van der Waals surface area contributed by atoms with Gasteiger partial charge in [0.15, 0.2) is 5.71 Å². The fraction of sp³-hybridized carbons (Fsp3) is 0.324. The molecule has 0 amide bonds. The Labute approximate surface area is 227 Å². The van der Waals surface area contributed by atoms with Crippen molar-refractivity contribution in [2.75, 3.05) is 19.0 Å². The van der Waals surface area contributed by atoms with Gasteiger partial charge in [-0.3, -0.25) is 0 Å². The van der Waals surface area contributed by atoms with Gasteiger partial charge in [-0.1, -0.05) is 86.2 Å². The number of benzene rings is 2. The summed E-state index contributed by atoms with van der Waals surface area (Å²) < 4.78 is 2.32. The molecule has 2 aromatic carbocycles. The van der Waals surface area contributed by atoms with Gasteiger partial charge in [0.25, 0.3) is 0 Å². The monoisotopic (exact) mass is 509 g/mol. The minimum Gasteiger partial charge on any atom is -0.347 e. The van der Waals surface area contributed by atoms with E-state index in [1.807, 2.05) is 0 Å². The lowest BCUT2D eigenvalue weighted by Gasteiger charge is -2.23. The molecule has 2 aromatic rings. The summed E-state index contributed by atoms with van der Waals surface area (Å²) in [7, 11) is 4.32. The van der Waals surface area contributed by atoms with E-state index in [0.29, 0.717) is 0 Å². The maximum Gasteiger partial charge on any atom is 0.209 e. The van der Waals surface area contributed by atoms with Crippen molar-refractivity contribution in [3.63, 3.8) is 0 Å². The zero-order chi connectivity index (χ0) is 26.4. The molecule has 0 saturated heterocycles. The molecule has 0 radical (unpaired) electrons. The first-order chi connectivity index (χ1) is 17.6. The van der Waals surface area contributed by atoms with Crippen LogP contribution in [-0.2, 0) is 10.8 Å². The summed E-state index contributed by atoms with van der Waals surface area (Å²) in [6.45, 7) is 9.20. The molecule has 0 fully saturated rings. The van der Waals surface area contributed by atoms with Gasteiger partial charge in [0.2, 0.25) is 5.69 Å². The summed E-state index contributed by atoms with van der Waals surface area (Å²) >= 11 is 6.95. The molecule has 37 heavy (non-hydrogen) atoms. The van der Waals surface area contributed by atoms with E-state index in [1.165, 1.54) is 45.1 Å². The Hall–Kier alpha value is -3.10. The normalized spacial score (nSPS) is 22.7. The predicted octanol–water partition coefficient (Wildman–Crippen LogP) is 8.72. The van der Waals surface area contributed by atoms with Gasteiger partial charge in [0.05, 0.1) is 5.41 Å². The average Bonchev–Trinajstić information content (AvgIpc) is 3.20. The molecular formula is C34H38ClN2+. The molecule has 0 atom stereocenters. The van der Waals surface area contributed by atoms with Crippen LogP contribution in [0.25, 0.3) is 0 Å². The molecule has 0 unspecified atom stereocenters. The summed E-state index contributed by atoms with van der Waals surface area (Å²) in [5, 5.41) is 0.905. The van der Waals surface area contributed by atoms with Gasteiger partial charge in [-0.05, 0) is 62.0 Å². The zero-order valence-corrected chi connectivity index (χ0v) is 23.7. The molecule has 0 saturated carbocycles. The van der Waals surface area contributed by atoms with E-state index in [-0.39, 0.29) is 10.8 Å². The first kappa shape index (κ1) is 25.5. The lowest BCUT2D eigenvalue weighted by molar-refractivity contribution is -0.401. The minimum absolute atomic E-state index is 0.0122. The van der Waals surface area contributed by atoms with Crippen LogP contribution in [0.2, 0.25) is 0 Å². The van der Waals surface area contributed by atoms with Crippen molar-refractivity contribution in [2.24, 2.45) is 0 Å². The van der Waals surface area contributed by atoms with E-state index in [9.17, 15) is 0 Å². The van der Waals surface area contributed by atoms with Crippen molar-refractivity contribution >= 4 is 28.7 Å². The number of halogens is 1. The maximum atomic E-state index is 6.95. The number of likely N-dealkylation sites (N-methyl/N-ethyl adjacent to an activating group) is 1. The highest BCUT2D eigenvalue weighted by molar-refractivity contribution is 6.32. The van der Waals surface area contributed by atoms with E-state index in [0.717, 1.165) is 24.3 Å². The van der Waals surface area contributed by atoms with E-state index >= 15 is 0 Å². The Balaban J connectivity index is 1.37. The number of fused-ring (bicyclic) bond motifs is 2. The third-order valence-electron chi connectivity index (χ3n) is 8.44. The van der Waals surface area contributed by atoms with Gasteiger partial charge in [0.1, 0.15) is 7.05 Å². The maximum absolute atomic E-state index is 6.95. The van der Waals surface area contributed by atoms with Gasteiger partial charge >= 0.3 is 0 Å². The number of rotatable bonds is 4. The predicted molar refractivity (Wildman–Crippen MR) is 159 cm³/mol. The molecule has 190 valence electrons. The molecule has 1 aliphatic carbocycles. The lowest BCUT2D eigenvalue weighted by atomic mass is 9.81. The van der Waals surface area contributed by atoms with Crippen molar-refractivity contribution < 1.29 is 4.58 Å². The van der Waals surface area contributed by atoms with Crippen LogP contribution >= 0.6 is 11.6 Å². The van der Waals surface area contributed by atoms with E-state index in [2.05, 4.69) is 136 Å². The first-order valence-corrected chi connectivity index (χ1v) is 13.7. The largest absolute Gasteiger partial charge is 0.347 e. The van der Waals surface area contributed by atoms with Gasteiger partial charge in [0, 0.05) is 46.6 Å². The highest BCUT2D eigenvalue weighted by Gasteiger charge is 2.42. The molecule has 2 heterocycles. The van der Waals surface area contributed by atoms with E-state index in [4.69, 9.17) is 11.6 Å².